The van der Waals surface area contributed by atoms with E-state index in [9.17, 15) is 9.59 Å². The fourth-order valence-corrected chi connectivity index (χ4v) is 0.0588. The van der Waals surface area contributed by atoms with Gasteiger partial charge >= 0.3 is 0 Å². The summed E-state index contributed by atoms with van der Waals surface area (Å²) in [5.41, 5.74) is 0. The van der Waals surface area contributed by atoms with Crippen molar-refractivity contribution >= 4 is 12.3 Å². The van der Waals surface area contributed by atoms with Gasteiger partial charge in [0, 0.05) is 14.0 Å². The van der Waals surface area contributed by atoms with Crippen molar-refractivity contribution in [2.75, 3.05) is 7.05 Å². The van der Waals surface area contributed by atoms with Gasteiger partial charge in [0.2, 0.25) is 12.3 Å². The number of carbonyl (C=O) groups is 2. The molecule has 0 N–H and O–H groups in total. The van der Waals surface area contributed by atoms with E-state index in [1.807, 2.05) is 0 Å². The Kier molecular flexibility index (Phi) is 2.05. The molecule has 0 aliphatic heterocycles. The summed E-state index contributed by atoms with van der Waals surface area (Å²) in [4.78, 5) is 20.4. The molecule has 0 fully saturated rings. The van der Waals surface area contributed by atoms with Crippen LogP contribution in [0.3, 0.4) is 0 Å². The van der Waals surface area contributed by atoms with Crippen LogP contribution in [0.15, 0.2) is 0 Å². The Labute approximate surface area is 41.9 Å². The van der Waals surface area contributed by atoms with Crippen molar-refractivity contribution in [3.8, 4) is 0 Å². The Morgan fingerprint density at radius 2 is 2.29 bits per heavy atom. The maximum atomic E-state index is 9.96. The molecular formula is C4H6NO2. The van der Waals surface area contributed by atoms with E-state index in [0.717, 1.165) is 4.90 Å². The van der Waals surface area contributed by atoms with Crippen molar-refractivity contribution in [2.45, 2.75) is 0 Å². The number of carbonyl (C=O) groups excluding carboxylic acids is 2. The number of hydrogen-bond donors (Lipinski definition) is 0. The lowest BCUT2D eigenvalue weighted by Crippen LogP contribution is -2.21. The summed E-state index contributed by atoms with van der Waals surface area (Å²) < 4.78 is 0. The molecule has 2 amide bonds. The van der Waals surface area contributed by atoms with E-state index in [1.165, 1.54) is 7.05 Å². The molecule has 0 bridgehead atoms. The summed E-state index contributed by atoms with van der Waals surface area (Å²) in [7, 11) is 1.35. The first-order valence-electron chi connectivity index (χ1n) is 1.72. The summed E-state index contributed by atoms with van der Waals surface area (Å²) in [5, 5.41) is 0. The van der Waals surface area contributed by atoms with Crippen molar-refractivity contribution in [3.63, 3.8) is 0 Å². The normalized spacial score (nSPS) is 7.71. The van der Waals surface area contributed by atoms with Crippen LogP contribution in [0.1, 0.15) is 0 Å². The minimum absolute atomic E-state index is 0.412. The molecule has 0 saturated heterocycles. The second kappa shape index (κ2) is 2.34. The first-order valence-corrected chi connectivity index (χ1v) is 1.72. The summed E-state index contributed by atoms with van der Waals surface area (Å²) in [6.07, 6.45) is 0.412. The van der Waals surface area contributed by atoms with Crippen LogP contribution in [0, 0.1) is 6.92 Å². The van der Waals surface area contributed by atoms with Crippen molar-refractivity contribution in [1.82, 2.24) is 4.90 Å². The predicted octanol–water partition coefficient (Wildman–Crippen LogP) is -0.565. The topological polar surface area (TPSA) is 37.4 Å². The molecule has 0 unspecified atom stereocenters. The molecule has 0 atom stereocenters. The van der Waals surface area contributed by atoms with Gasteiger partial charge in [0.05, 0.1) is 0 Å². The molecule has 0 heterocycles. The minimum atomic E-state index is -0.491. The zero-order chi connectivity index (χ0) is 5.86. The van der Waals surface area contributed by atoms with Crippen LogP contribution in [0.5, 0.6) is 0 Å². The van der Waals surface area contributed by atoms with E-state index >= 15 is 0 Å². The van der Waals surface area contributed by atoms with Gasteiger partial charge < -0.3 is 0 Å². The predicted molar refractivity (Wildman–Crippen MR) is 24.2 cm³/mol. The number of imide groups is 1. The van der Waals surface area contributed by atoms with E-state index < -0.39 is 5.91 Å². The molecule has 0 saturated carbocycles. The molecule has 0 rings (SSSR count). The lowest BCUT2D eigenvalue weighted by atomic mass is 10.6. The zero-order valence-corrected chi connectivity index (χ0v) is 4.05. The van der Waals surface area contributed by atoms with Crippen molar-refractivity contribution in [2.24, 2.45) is 0 Å². The Balaban J connectivity index is 3.55. The second-order valence-corrected chi connectivity index (χ2v) is 1.11. The third kappa shape index (κ3) is 1.92. The first-order chi connectivity index (χ1) is 3.18. The van der Waals surface area contributed by atoms with Gasteiger partial charge in [0.15, 0.2) is 0 Å². The van der Waals surface area contributed by atoms with E-state index in [0.29, 0.717) is 6.41 Å². The fraction of sp³-hybridized carbons (Fsp3) is 0.250. The highest BCUT2D eigenvalue weighted by molar-refractivity contribution is 5.88. The Hall–Kier alpha value is -0.860. The largest absolute Gasteiger partial charge is 0.288 e. The average molecular weight is 100 g/mol. The molecule has 7 heavy (non-hydrogen) atoms. The van der Waals surface area contributed by atoms with E-state index in [2.05, 4.69) is 6.92 Å². The van der Waals surface area contributed by atoms with Crippen LogP contribution in [-0.2, 0) is 9.59 Å². The van der Waals surface area contributed by atoms with Crippen molar-refractivity contribution < 1.29 is 9.59 Å². The summed E-state index contributed by atoms with van der Waals surface area (Å²) in [6.45, 7) is 2.96. The zero-order valence-electron chi connectivity index (χ0n) is 4.05. The number of amides is 2. The Bertz CT molecular complexity index is 89.7. The van der Waals surface area contributed by atoms with Gasteiger partial charge in [-0.15, -0.1) is 0 Å². The molecule has 1 radical (unpaired) electrons. The first kappa shape index (κ1) is 6.14. The van der Waals surface area contributed by atoms with Crippen LogP contribution in [-0.4, -0.2) is 24.3 Å². The third-order valence-corrected chi connectivity index (χ3v) is 0.552. The minimum Gasteiger partial charge on any atom is -0.288 e. The van der Waals surface area contributed by atoms with Crippen LogP contribution < -0.4 is 0 Å². The average Bonchev–Trinajstić information content (AvgIpc) is 1.65. The standard InChI is InChI=1S/C4H6NO2/c1-4(7)5(2)3-6/h3H,1H2,2H3. The number of rotatable bonds is 1. The van der Waals surface area contributed by atoms with Crippen LogP contribution in [0.2, 0.25) is 0 Å². The fourth-order valence-electron chi connectivity index (χ4n) is 0.0588. The monoisotopic (exact) mass is 100 g/mol. The third-order valence-electron chi connectivity index (χ3n) is 0.552. The van der Waals surface area contributed by atoms with E-state index in [1.54, 1.807) is 0 Å². The molecular weight excluding hydrogens is 94.0 g/mol. The molecule has 0 aromatic heterocycles. The molecule has 3 nitrogen and oxygen atoms in total. The van der Waals surface area contributed by atoms with Gasteiger partial charge in [-0.2, -0.15) is 0 Å². The molecule has 3 heteroatoms. The molecule has 0 aliphatic carbocycles. The summed E-state index contributed by atoms with van der Waals surface area (Å²) in [5.74, 6) is -0.491. The Morgan fingerprint density at radius 3 is 2.29 bits per heavy atom. The molecule has 0 aliphatic rings. The van der Waals surface area contributed by atoms with Gasteiger partial charge in [0.25, 0.3) is 0 Å². The van der Waals surface area contributed by atoms with Gasteiger partial charge in [0.1, 0.15) is 0 Å². The van der Waals surface area contributed by atoms with Gasteiger partial charge in [-0.1, -0.05) is 0 Å². The van der Waals surface area contributed by atoms with Gasteiger partial charge in [-0.05, 0) is 0 Å². The summed E-state index contributed by atoms with van der Waals surface area (Å²) in [6, 6.07) is 0. The van der Waals surface area contributed by atoms with Gasteiger partial charge in [-0.3, -0.25) is 14.5 Å². The van der Waals surface area contributed by atoms with Crippen LogP contribution in [0.4, 0.5) is 0 Å². The maximum Gasteiger partial charge on any atom is 0.229 e. The molecule has 0 aromatic carbocycles. The summed E-state index contributed by atoms with van der Waals surface area (Å²) >= 11 is 0. The Morgan fingerprint density at radius 1 is 1.86 bits per heavy atom. The SMILES string of the molecule is [CH2]C(=O)N(C)C=O. The molecule has 0 aromatic rings. The van der Waals surface area contributed by atoms with Crippen LogP contribution in [0.25, 0.3) is 0 Å². The quantitative estimate of drug-likeness (QED) is 0.414. The smallest absolute Gasteiger partial charge is 0.229 e. The molecule has 39 valence electrons. The second-order valence-electron chi connectivity index (χ2n) is 1.11. The molecule has 0 spiro atoms. The highest BCUT2D eigenvalue weighted by atomic mass is 16.2. The number of nitrogens with zero attached hydrogens (tertiary/aromatic N) is 1. The maximum absolute atomic E-state index is 9.96. The lowest BCUT2D eigenvalue weighted by Gasteiger charge is -2.00. The highest BCUT2D eigenvalue weighted by Gasteiger charge is 1.94. The van der Waals surface area contributed by atoms with E-state index in [4.69, 9.17) is 0 Å². The van der Waals surface area contributed by atoms with Crippen LogP contribution >= 0.6 is 0 Å². The highest BCUT2D eigenvalue weighted by Crippen LogP contribution is 1.71. The van der Waals surface area contributed by atoms with Crippen molar-refractivity contribution in [1.29, 1.82) is 0 Å². The van der Waals surface area contributed by atoms with Crippen molar-refractivity contribution in [3.05, 3.63) is 6.92 Å². The van der Waals surface area contributed by atoms with E-state index in [-0.39, 0.29) is 0 Å². The number of hydrogen-bond acceptors (Lipinski definition) is 2. The lowest BCUT2D eigenvalue weighted by molar-refractivity contribution is -0.132. The van der Waals surface area contributed by atoms with Gasteiger partial charge in [-0.25, -0.2) is 0 Å².